The second-order valence-electron chi connectivity index (χ2n) is 2.50. The Morgan fingerprint density at radius 3 is 2.89 bits per heavy atom. The van der Waals surface area contributed by atoms with Gasteiger partial charge in [-0.3, -0.25) is 0 Å². The van der Waals surface area contributed by atoms with Crippen LogP contribution in [0.4, 0.5) is 0 Å². The number of allylic oxidation sites excluding steroid dienone is 1. The second kappa shape index (κ2) is 3.47. The van der Waals surface area contributed by atoms with Gasteiger partial charge in [0.05, 0.1) is 0 Å². The van der Waals surface area contributed by atoms with Crippen molar-refractivity contribution >= 4 is 21.4 Å². The van der Waals surface area contributed by atoms with Crippen molar-refractivity contribution in [2.24, 2.45) is 5.73 Å². The average Bonchev–Trinajstić information content (AvgIpc) is 2.17. The van der Waals surface area contributed by atoms with Crippen LogP contribution in [0.5, 0.6) is 0 Å². The van der Waals surface area contributed by atoms with Crippen LogP contribution >= 0.6 is 0 Å². The van der Waals surface area contributed by atoms with E-state index in [0.29, 0.717) is 0 Å². The first-order chi connectivity index (χ1) is 4.33. The van der Waals surface area contributed by atoms with Crippen LogP contribution in [0.15, 0.2) is 19.3 Å². The van der Waals surface area contributed by atoms with Crippen molar-refractivity contribution in [3.05, 3.63) is 19.3 Å². The van der Waals surface area contributed by atoms with Gasteiger partial charge < -0.3 is 0 Å². The first-order valence-electron chi connectivity index (χ1n) is 3.42. The third-order valence-corrected chi connectivity index (χ3v) is 6.53. The maximum absolute atomic E-state index is 5.40. The summed E-state index contributed by atoms with van der Waals surface area (Å²) < 4.78 is 7.27. The molecule has 9 heavy (non-hydrogen) atoms. The van der Waals surface area contributed by atoms with E-state index in [0.717, 1.165) is 13.0 Å². The molecule has 0 amide bonds. The molecular formula is C7H12InN. The topological polar surface area (TPSA) is 26.0 Å². The Hall–Kier alpha value is 0.310. The first kappa shape index (κ1) is 7.42. The number of hydrogen-bond acceptors (Lipinski definition) is 1. The Bertz CT molecular complexity index is 149. The van der Waals surface area contributed by atoms with Crippen molar-refractivity contribution in [1.29, 1.82) is 0 Å². The zero-order valence-corrected chi connectivity index (χ0v) is 9.10. The fourth-order valence-electron chi connectivity index (χ4n) is 1.06. The zero-order chi connectivity index (χ0) is 6.69. The molecule has 1 rings (SSSR count). The summed E-state index contributed by atoms with van der Waals surface area (Å²) in [6, 6.07) is 0. The molecule has 0 saturated heterocycles. The molecule has 0 aromatic rings. The number of hydrogen-bond donors (Lipinski definition) is 1. The van der Waals surface area contributed by atoms with E-state index in [-0.39, 0.29) is 0 Å². The predicted octanol–water partition coefficient (Wildman–Crippen LogP) is 1.03. The fourth-order valence-corrected chi connectivity index (χ4v) is 5.67. The van der Waals surface area contributed by atoms with E-state index in [4.69, 9.17) is 5.73 Å². The van der Waals surface area contributed by atoms with E-state index >= 15 is 0 Å². The van der Waals surface area contributed by atoms with Crippen LogP contribution in [0.3, 0.4) is 0 Å². The average molecular weight is 225 g/mol. The Labute approximate surface area is 64.2 Å². The molecule has 0 aromatic carbocycles. The predicted molar refractivity (Wildman–Crippen MR) is 42.5 cm³/mol. The molecule has 0 fully saturated rings. The van der Waals surface area contributed by atoms with Crippen molar-refractivity contribution < 1.29 is 0 Å². The molecule has 1 aliphatic rings. The van der Waals surface area contributed by atoms with Gasteiger partial charge in [0.2, 0.25) is 0 Å². The third kappa shape index (κ3) is 2.18. The minimum atomic E-state index is -1.14. The summed E-state index contributed by atoms with van der Waals surface area (Å²) >= 11 is -1.14. The van der Waals surface area contributed by atoms with Gasteiger partial charge in [-0.05, 0) is 0 Å². The van der Waals surface area contributed by atoms with E-state index in [2.05, 4.69) is 18.4 Å². The maximum atomic E-state index is 5.40. The van der Waals surface area contributed by atoms with Crippen molar-refractivity contribution in [3.8, 4) is 0 Å². The molecule has 1 heterocycles. The van der Waals surface area contributed by atoms with Gasteiger partial charge in [-0.25, -0.2) is 0 Å². The van der Waals surface area contributed by atoms with Crippen LogP contribution in [0.25, 0.3) is 0 Å². The third-order valence-electron chi connectivity index (χ3n) is 1.52. The number of rotatable bonds is 2. The van der Waals surface area contributed by atoms with Crippen LogP contribution in [0.2, 0.25) is 4.68 Å². The Morgan fingerprint density at radius 2 is 2.44 bits per heavy atom. The molecule has 0 bridgehead atoms. The SMILES string of the molecule is [CH3][In]1[CH]=CC(CCN)=[CH]1. The van der Waals surface area contributed by atoms with Gasteiger partial charge in [0.15, 0.2) is 0 Å². The van der Waals surface area contributed by atoms with Crippen molar-refractivity contribution in [2.75, 3.05) is 6.54 Å². The first-order valence-corrected chi connectivity index (χ1v) is 10.5. The molecule has 2 heteroatoms. The van der Waals surface area contributed by atoms with Crippen molar-refractivity contribution in [1.82, 2.24) is 0 Å². The van der Waals surface area contributed by atoms with Gasteiger partial charge in [-0.1, -0.05) is 0 Å². The van der Waals surface area contributed by atoms with Crippen LogP contribution in [0, 0.1) is 0 Å². The Kier molecular flexibility index (Phi) is 2.86. The molecule has 1 nitrogen and oxygen atoms in total. The molecular weight excluding hydrogens is 213 g/mol. The van der Waals surface area contributed by atoms with Crippen LogP contribution in [0.1, 0.15) is 6.42 Å². The summed E-state index contributed by atoms with van der Waals surface area (Å²) in [4.78, 5) is 0. The minimum absolute atomic E-state index is 0.800. The zero-order valence-electron chi connectivity index (χ0n) is 5.80. The monoisotopic (exact) mass is 225 g/mol. The summed E-state index contributed by atoms with van der Waals surface area (Å²) in [5.74, 6) is 0. The van der Waals surface area contributed by atoms with Gasteiger partial charge in [-0.15, -0.1) is 0 Å². The molecule has 0 aromatic heterocycles. The van der Waals surface area contributed by atoms with E-state index in [1.165, 1.54) is 5.57 Å². The molecule has 0 atom stereocenters. The summed E-state index contributed by atoms with van der Waals surface area (Å²) in [6.45, 7) is 0.800. The molecule has 1 aliphatic heterocycles. The van der Waals surface area contributed by atoms with Crippen molar-refractivity contribution in [2.45, 2.75) is 11.1 Å². The van der Waals surface area contributed by atoms with Crippen LogP contribution < -0.4 is 5.73 Å². The van der Waals surface area contributed by atoms with Gasteiger partial charge in [0.1, 0.15) is 0 Å². The van der Waals surface area contributed by atoms with Gasteiger partial charge in [0, 0.05) is 0 Å². The summed E-state index contributed by atoms with van der Waals surface area (Å²) in [6.07, 6.45) is 3.34. The Morgan fingerprint density at radius 1 is 1.67 bits per heavy atom. The molecule has 0 spiro atoms. The molecule has 0 aliphatic carbocycles. The summed E-state index contributed by atoms with van der Waals surface area (Å²) in [5.41, 5.74) is 6.89. The summed E-state index contributed by atoms with van der Waals surface area (Å²) in [7, 11) is 0. The quantitative estimate of drug-likeness (QED) is 0.746. The standard InChI is InChI=1S/C6H9N.CH3.In/c1-3-6(2)4-5-7;;/h1-3H,4-5,7H2;1H3;. The molecule has 0 unspecified atom stereocenters. The number of nitrogens with two attached hydrogens (primary N) is 1. The molecule has 2 N–H and O–H groups in total. The van der Waals surface area contributed by atoms with Crippen LogP contribution in [-0.2, 0) is 0 Å². The van der Waals surface area contributed by atoms with E-state index in [1.807, 2.05) is 0 Å². The normalized spacial score (nSPS) is 16.7. The van der Waals surface area contributed by atoms with Gasteiger partial charge in [-0.2, -0.15) is 0 Å². The van der Waals surface area contributed by atoms with E-state index in [9.17, 15) is 0 Å². The van der Waals surface area contributed by atoms with Crippen LogP contribution in [-0.4, -0.2) is 28.0 Å². The fraction of sp³-hybridized carbons (Fsp3) is 0.429. The van der Waals surface area contributed by atoms with Gasteiger partial charge >= 0.3 is 64.1 Å². The van der Waals surface area contributed by atoms with E-state index < -0.39 is 21.4 Å². The summed E-state index contributed by atoms with van der Waals surface area (Å²) in [5, 5.41) is 0. The van der Waals surface area contributed by atoms with Crippen molar-refractivity contribution in [3.63, 3.8) is 0 Å². The molecule has 0 radical (unpaired) electrons. The second-order valence-corrected chi connectivity index (χ2v) is 9.45. The van der Waals surface area contributed by atoms with Gasteiger partial charge in [0.25, 0.3) is 0 Å². The Balaban J connectivity index is 2.44. The van der Waals surface area contributed by atoms with E-state index in [1.54, 1.807) is 0 Å². The molecule has 0 saturated carbocycles. The molecule has 48 valence electrons.